The van der Waals surface area contributed by atoms with Crippen LogP contribution in [0.1, 0.15) is 12.8 Å². The van der Waals surface area contributed by atoms with Crippen LogP contribution in [-0.4, -0.2) is 37.3 Å². The standard InChI is InChI=1S/C12H15Br2NO2S2/c1-18-10-4-6-15(7-5-10)19(16,17)12-8-9(13)2-3-11(12)14/h2-3,8,10H,4-7H2,1H3. The third kappa shape index (κ3) is 3.56. The van der Waals surface area contributed by atoms with Crippen molar-refractivity contribution in [3.05, 3.63) is 27.1 Å². The largest absolute Gasteiger partial charge is 0.244 e. The lowest BCUT2D eigenvalue weighted by Gasteiger charge is -2.30. The Morgan fingerprint density at radius 2 is 1.89 bits per heavy atom. The Bertz CT molecular complexity index is 555. The highest BCUT2D eigenvalue weighted by Crippen LogP contribution is 2.31. The van der Waals surface area contributed by atoms with Crippen molar-refractivity contribution in [1.29, 1.82) is 0 Å². The minimum absolute atomic E-state index is 0.337. The summed E-state index contributed by atoms with van der Waals surface area (Å²) in [6.07, 6.45) is 3.93. The number of halogens is 2. The number of thioether (sulfide) groups is 1. The van der Waals surface area contributed by atoms with Crippen molar-refractivity contribution in [2.75, 3.05) is 19.3 Å². The van der Waals surface area contributed by atoms with Crippen molar-refractivity contribution < 1.29 is 8.42 Å². The molecule has 0 unspecified atom stereocenters. The van der Waals surface area contributed by atoms with Gasteiger partial charge in [-0.3, -0.25) is 0 Å². The van der Waals surface area contributed by atoms with Crippen molar-refractivity contribution in [1.82, 2.24) is 4.31 Å². The second kappa shape index (κ2) is 6.47. The fourth-order valence-electron chi connectivity index (χ4n) is 2.12. The highest BCUT2D eigenvalue weighted by molar-refractivity contribution is 9.11. The third-order valence-corrected chi connectivity index (χ3v) is 7.77. The van der Waals surface area contributed by atoms with E-state index in [1.165, 1.54) is 0 Å². The lowest BCUT2D eigenvalue weighted by molar-refractivity contribution is 0.352. The summed E-state index contributed by atoms with van der Waals surface area (Å²) in [6.45, 7) is 1.21. The first kappa shape index (κ1) is 15.8. The average Bonchev–Trinajstić information content (AvgIpc) is 2.41. The quantitative estimate of drug-likeness (QED) is 0.735. The monoisotopic (exact) mass is 427 g/mol. The van der Waals surface area contributed by atoms with Gasteiger partial charge in [0.15, 0.2) is 0 Å². The van der Waals surface area contributed by atoms with Crippen LogP contribution >= 0.6 is 43.6 Å². The van der Waals surface area contributed by atoms with Gasteiger partial charge in [0.2, 0.25) is 10.0 Å². The van der Waals surface area contributed by atoms with Crippen molar-refractivity contribution in [3.8, 4) is 0 Å². The zero-order valence-corrected chi connectivity index (χ0v) is 15.3. The number of hydrogen-bond donors (Lipinski definition) is 0. The lowest BCUT2D eigenvalue weighted by atomic mass is 10.2. The molecule has 0 amide bonds. The van der Waals surface area contributed by atoms with Crippen LogP contribution < -0.4 is 0 Å². The molecule has 1 heterocycles. The summed E-state index contributed by atoms with van der Waals surface area (Å²) in [4.78, 5) is 0.337. The fourth-order valence-corrected chi connectivity index (χ4v) is 5.74. The van der Waals surface area contributed by atoms with Crippen LogP contribution in [0.5, 0.6) is 0 Å². The van der Waals surface area contributed by atoms with E-state index in [9.17, 15) is 8.42 Å². The van der Waals surface area contributed by atoms with E-state index in [0.717, 1.165) is 17.3 Å². The van der Waals surface area contributed by atoms with Crippen LogP contribution in [0.4, 0.5) is 0 Å². The lowest BCUT2D eigenvalue weighted by Crippen LogP contribution is -2.39. The van der Waals surface area contributed by atoms with E-state index >= 15 is 0 Å². The van der Waals surface area contributed by atoms with Crippen LogP contribution in [-0.2, 0) is 10.0 Å². The molecule has 1 saturated heterocycles. The molecule has 1 aliphatic rings. The van der Waals surface area contributed by atoms with Crippen LogP contribution in [0, 0.1) is 0 Å². The Morgan fingerprint density at radius 1 is 1.26 bits per heavy atom. The van der Waals surface area contributed by atoms with Gasteiger partial charge in [0.1, 0.15) is 0 Å². The summed E-state index contributed by atoms with van der Waals surface area (Å²) in [5, 5.41) is 0.581. The van der Waals surface area contributed by atoms with Crippen molar-refractivity contribution in [3.63, 3.8) is 0 Å². The third-order valence-electron chi connectivity index (χ3n) is 3.25. The van der Waals surface area contributed by atoms with E-state index in [0.29, 0.717) is 27.7 Å². The minimum Gasteiger partial charge on any atom is -0.207 e. The Balaban J connectivity index is 2.26. The van der Waals surface area contributed by atoms with Gasteiger partial charge in [-0.1, -0.05) is 15.9 Å². The first-order valence-corrected chi connectivity index (χ1v) is 10.2. The van der Waals surface area contributed by atoms with Crippen LogP contribution in [0.15, 0.2) is 32.0 Å². The van der Waals surface area contributed by atoms with E-state index in [1.54, 1.807) is 16.4 Å². The molecule has 19 heavy (non-hydrogen) atoms. The molecule has 0 saturated carbocycles. The Labute approximate surface area is 135 Å². The van der Waals surface area contributed by atoms with E-state index < -0.39 is 10.0 Å². The Kier molecular flexibility index (Phi) is 5.39. The molecule has 1 aromatic rings. The highest BCUT2D eigenvalue weighted by atomic mass is 79.9. The van der Waals surface area contributed by atoms with E-state index in [4.69, 9.17) is 0 Å². The van der Waals surface area contributed by atoms with Gasteiger partial charge in [0.05, 0.1) is 4.90 Å². The first-order valence-electron chi connectivity index (χ1n) is 5.93. The summed E-state index contributed by atoms with van der Waals surface area (Å²) in [5.74, 6) is 0. The molecular weight excluding hydrogens is 414 g/mol. The minimum atomic E-state index is -3.40. The number of benzene rings is 1. The molecule has 0 radical (unpaired) electrons. The summed E-state index contributed by atoms with van der Waals surface area (Å²) >= 11 is 8.48. The van der Waals surface area contributed by atoms with E-state index in [-0.39, 0.29) is 0 Å². The van der Waals surface area contributed by atoms with Crippen molar-refractivity contribution >= 4 is 53.6 Å². The molecule has 0 spiro atoms. The second-order valence-electron chi connectivity index (χ2n) is 4.41. The van der Waals surface area contributed by atoms with Gasteiger partial charge in [-0.15, -0.1) is 0 Å². The summed E-state index contributed by atoms with van der Waals surface area (Å²) in [7, 11) is -3.40. The predicted octanol–water partition coefficient (Wildman–Crippen LogP) is 3.73. The molecule has 1 fully saturated rings. The van der Waals surface area contributed by atoms with Gasteiger partial charge in [0, 0.05) is 27.3 Å². The van der Waals surface area contributed by atoms with Gasteiger partial charge < -0.3 is 0 Å². The molecule has 0 aliphatic carbocycles. The molecule has 0 atom stereocenters. The molecule has 0 N–H and O–H groups in total. The molecule has 0 aromatic heterocycles. The summed E-state index contributed by atoms with van der Waals surface area (Å²) in [6, 6.07) is 5.23. The zero-order valence-electron chi connectivity index (χ0n) is 10.5. The van der Waals surface area contributed by atoms with Crippen LogP contribution in [0.2, 0.25) is 0 Å². The number of rotatable bonds is 3. The van der Waals surface area contributed by atoms with Crippen LogP contribution in [0.3, 0.4) is 0 Å². The van der Waals surface area contributed by atoms with E-state index in [2.05, 4.69) is 38.1 Å². The van der Waals surface area contributed by atoms with Crippen molar-refractivity contribution in [2.24, 2.45) is 0 Å². The Hall–Kier alpha value is 0.440. The topological polar surface area (TPSA) is 37.4 Å². The van der Waals surface area contributed by atoms with Crippen molar-refractivity contribution in [2.45, 2.75) is 23.0 Å². The average molecular weight is 429 g/mol. The van der Waals surface area contributed by atoms with E-state index in [1.807, 2.05) is 17.8 Å². The summed E-state index contributed by atoms with van der Waals surface area (Å²) < 4.78 is 28.2. The Morgan fingerprint density at radius 3 is 2.47 bits per heavy atom. The highest BCUT2D eigenvalue weighted by Gasteiger charge is 2.30. The number of nitrogens with zero attached hydrogens (tertiary/aromatic N) is 1. The maximum atomic E-state index is 12.6. The zero-order chi connectivity index (χ0) is 14.0. The summed E-state index contributed by atoms with van der Waals surface area (Å²) in [5.41, 5.74) is 0. The second-order valence-corrected chi connectivity index (χ2v) is 9.23. The smallest absolute Gasteiger partial charge is 0.207 e. The van der Waals surface area contributed by atoms with Gasteiger partial charge >= 0.3 is 0 Å². The van der Waals surface area contributed by atoms with Gasteiger partial charge in [-0.2, -0.15) is 16.1 Å². The van der Waals surface area contributed by atoms with Gasteiger partial charge in [-0.25, -0.2) is 8.42 Å². The molecule has 1 aliphatic heterocycles. The molecule has 0 bridgehead atoms. The van der Waals surface area contributed by atoms with Gasteiger partial charge in [0.25, 0.3) is 0 Å². The van der Waals surface area contributed by atoms with Crippen LogP contribution in [0.25, 0.3) is 0 Å². The molecular formula is C12H15Br2NO2S2. The maximum absolute atomic E-state index is 12.6. The number of hydrogen-bond acceptors (Lipinski definition) is 3. The van der Waals surface area contributed by atoms with Gasteiger partial charge in [-0.05, 0) is 53.2 Å². The molecule has 3 nitrogen and oxygen atoms in total. The number of sulfonamides is 1. The SMILES string of the molecule is CSC1CCN(S(=O)(=O)c2cc(Br)ccc2Br)CC1. The molecule has 1 aromatic carbocycles. The molecule has 2 rings (SSSR count). The normalized spacial score (nSPS) is 18.7. The molecule has 7 heteroatoms. The number of piperidine rings is 1. The first-order chi connectivity index (χ1) is 8.95. The predicted molar refractivity (Wildman–Crippen MR) is 87.1 cm³/mol. The fraction of sp³-hybridized carbons (Fsp3) is 0.500. The molecule has 106 valence electrons. The maximum Gasteiger partial charge on any atom is 0.244 e.